The summed E-state index contributed by atoms with van der Waals surface area (Å²) in [5.41, 5.74) is 0. The Balaban J connectivity index is 2.86. The van der Waals surface area contributed by atoms with Gasteiger partial charge in [-0.05, 0) is 19.3 Å². The maximum absolute atomic E-state index is 12.7. The predicted molar refractivity (Wildman–Crippen MR) is 70.8 cm³/mol. The Morgan fingerprint density at radius 1 is 1.30 bits per heavy atom. The summed E-state index contributed by atoms with van der Waals surface area (Å²) in [4.78, 5) is 6.85. The van der Waals surface area contributed by atoms with Gasteiger partial charge in [-0.25, -0.2) is 4.98 Å². The molecule has 0 fully saturated rings. The first-order valence-corrected chi connectivity index (χ1v) is 6.69. The molecule has 0 aliphatic carbocycles. The Morgan fingerprint density at radius 3 is 2.55 bits per heavy atom. The van der Waals surface area contributed by atoms with Crippen molar-refractivity contribution in [3.63, 3.8) is 0 Å². The third-order valence-corrected chi connectivity index (χ3v) is 2.61. The van der Waals surface area contributed by atoms with Gasteiger partial charge in [-0.2, -0.15) is 18.2 Å². The fourth-order valence-electron chi connectivity index (χ4n) is 1.70. The number of alkyl halides is 3. The molecule has 1 aromatic heterocycles. The van der Waals surface area contributed by atoms with Crippen LogP contribution in [0.5, 0.6) is 5.88 Å². The van der Waals surface area contributed by atoms with Crippen LogP contribution in [0.2, 0.25) is 0 Å². The molecule has 0 saturated carbocycles. The maximum atomic E-state index is 12.7. The third kappa shape index (κ3) is 5.22. The van der Waals surface area contributed by atoms with Crippen LogP contribution in [-0.4, -0.2) is 23.1 Å². The van der Waals surface area contributed by atoms with Gasteiger partial charge in [-0.1, -0.05) is 20.3 Å². The van der Waals surface area contributed by atoms with E-state index in [4.69, 9.17) is 4.74 Å². The highest BCUT2D eigenvalue weighted by atomic mass is 19.4. The summed E-state index contributed by atoms with van der Waals surface area (Å²) in [6, 6.07) is 1.39. The summed E-state index contributed by atoms with van der Waals surface area (Å²) in [6.07, 6.45) is -2.62. The van der Waals surface area contributed by atoms with E-state index in [0.717, 1.165) is 12.8 Å². The fourth-order valence-corrected chi connectivity index (χ4v) is 1.70. The molecule has 1 rings (SSSR count). The number of hydrogen-bond acceptors (Lipinski definition) is 4. The summed E-state index contributed by atoms with van der Waals surface area (Å²) in [5.74, 6) is -0.847. The van der Waals surface area contributed by atoms with E-state index in [9.17, 15) is 13.2 Å². The van der Waals surface area contributed by atoms with Crippen molar-refractivity contribution in [1.82, 2.24) is 9.97 Å². The Kier molecular flexibility index (Phi) is 6.04. The number of anilines is 1. The van der Waals surface area contributed by atoms with Crippen molar-refractivity contribution in [2.24, 2.45) is 5.92 Å². The van der Waals surface area contributed by atoms with Crippen molar-refractivity contribution in [2.45, 2.75) is 39.8 Å². The number of aromatic nitrogens is 2. The highest BCUT2D eigenvalue weighted by Gasteiger charge is 2.35. The van der Waals surface area contributed by atoms with Gasteiger partial charge in [-0.15, -0.1) is 0 Å². The van der Waals surface area contributed by atoms with Gasteiger partial charge in [0.2, 0.25) is 11.7 Å². The minimum Gasteiger partial charge on any atom is -0.477 e. The SMILES string of the molecule is CCCC(C)COc1cc(NCC)nc(C(F)(F)F)n1. The number of nitrogens with zero attached hydrogens (tertiary/aromatic N) is 2. The molecule has 0 spiro atoms. The lowest BCUT2D eigenvalue weighted by Crippen LogP contribution is -2.15. The van der Waals surface area contributed by atoms with E-state index in [1.54, 1.807) is 6.92 Å². The molecule has 0 amide bonds. The third-order valence-electron chi connectivity index (χ3n) is 2.61. The second kappa shape index (κ2) is 7.31. The maximum Gasteiger partial charge on any atom is 0.451 e. The lowest BCUT2D eigenvalue weighted by atomic mass is 10.1. The molecule has 1 N–H and O–H groups in total. The minimum atomic E-state index is -4.58. The van der Waals surface area contributed by atoms with Gasteiger partial charge in [0.15, 0.2) is 0 Å². The van der Waals surface area contributed by atoms with E-state index in [1.165, 1.54) is 6.07 Å². The lowest BCUT2D eigenvalue weighted by molar-refractivity contribution is -0.145. The predicted octanol–water partition coefficient (Wildman–Crippen LogP) is 3.74. The van der Waals surface area contributed by atoms with Crippen molar-refractivity contribution >= 4 is 5.82 Å². The number of halogens is 3. The van der Waals surface area contributed by atoms with Crippen LogP contribution in [0.3, 0.4) is 0 Å². The molecule has 0 aliphatic heterocycles. The molecule has 7 heteroatoms. The Labute approximate surface area is 116 Å². The second-order valence-electron chi connectivity index (χ2n) is 4.65. The number of rotatable bonds is 7. The number of hydrogen-bond donors (Lipinski definition) is 1. The normalized spacial score (nSPS) is 13.1. The van der Waals surface area contributed by atoms with E-state index in [2.05, 4.69) is 15.3 Å². The zero-order valence-corrected chi connectivity index (χ0v) is 11.9. The van der Waals surface area contributed by atoms with E-state index >= 15 is 0 Å². The molecule has 4 nitrogen and oxygen atoms in total. The van der Waals surface area contributed by atoms with Crippen molar-refractivity contribution in [3.8, 4) is 5.88 Å². The van der Waals surface area contributed by atoms with Crippen molar-refractivity contribution in [2.75, 3.05) is 18.5 Å². The van der Waals surface area contributed by atoms with Crippen LogP contribution in [0.15, 0.2) is 6.07 Å². The summed E-state index contributed by atoms with van der Waals surface area (Å²) in [7, 11) is 0. The highest BCUT2D eigenvalue weighted by Crippen LogP contribution is 2.29. The monoisotopic (exact) mass is 291 g/mol. The zero-order chi connectivity index (χ0) is 15.2. The molecule has 1 heterocycles. The first kappa shape index (κ1) is 16.5. The van der Waals surface area contributed by atoms with E-state index in [-0.39, 0.29) is 17.6 Å². The summed E-state index contributed by atoms with van der Waals surface area (Å²) in [6.45, 7) is 6.62. The average molecular weight is 291 g/mol. The van der Waals surface area contributed by atoms with E-state index in [1.807, 2.05) is 13.8 Å². The molecule has 1 aromatic rings. The molecule has 0 aliphatic rings. The summed E-state index contributed by atoms with van der Waals surface area (Å²) >= 11 is 0. The molecule has 1 atom stereocenters. The second-order valence-corrected chi connectivity index (χ2v) is 4.65. The quantitative estimate of drug-likeness (QED) is 0.831. The van der Waals surface area contributed by atoms with Gasteiger partial charge in [0.1, 0.15) is 5.82 Å². The van der Waals surface area contributed by atoms with Crippen molar-refractivity contribution < 1.29 is 17.9 Å². The van der Waals surface area contributed by atoms with E-state index < -0.39 is 12.0 Å². The average Bonchev–Trinajstić information content (AvgIpc) is 2.36. The molecule has 1 unspecified atom stereocenters. The number of ether oxygens (including phenoxy) is 1. The van der Waals surface area contributed by atoms with Gasteiger partial charge >= 0.3 is 6.18 Å². The lowest BCUT2D eigenvalue weighted by Gasteiger charge is -2.14. The van der Waals surface area contributed by atoms with Crippen molar-refractivity contribution in [3.05, 3.63) is 11.9 Å². The highest BCUT2D eigenvalue weighted by molar-refractivity contribution is 5.38. The van der Waals surface area contributed by atoms with Gasteiger partial charge in [0.25, 0.3) is 0 Å². The van der Waals surface area contributed by atoms with Crippen LogP contribution in [0.25, 0.3) is 0 Å². The van der Waals surface area contributed by atoms with Crippen LogP contribution >= 0.6 is 0 Å². The number of nitrogens with one attached hydrogen (secondary N) is 1. The Morgan fingerprint density at radius 2 is 2.00 bits per heavy atom. The summed E-state index contributed by atoms with van der Waals surface area (Å²) < 4.78 is 43.5. The van der Waals surface area contributed by atoms with Gasteiger partial charge < -0.3 is 10.1 Å². The van der Waals surface area contributed by atoms with Crippen LogP contribution in [0, 0.1) is 5.92 Å². The zero-order valence-electron chi connectivity index (χ0n) is 11.9. The first-order chi connectivity index (χ1) is 9.36. The molecule has 0 saturated heterocycles. The standard InChI is InChI=1S/C13H20F3N3O/c1-4-6-9(3)8-20-11-7-10(17-5-2)18-12(19-11)13(14,15)16/h7,9H,4-6,8H2,1-3H3,(H,17,18,19). The Bertz CT molecular complexity index is 424. The van der Waals surface area contributed by atoms with Gasteiger partial charge in [-0.3, -0.25) is 0 Å². The molecule has 114 valence electrons. The Hall–Kier alpha value is -1.53. The summed E-state index contributed by atoms with van der Waals surface area (Å²) in [5, 5.41) is 2.74. The molecule has 20 heavy (non-hydrogen) atoms. The van der Waals surface area contributed by atoms with Crippen molar-refractivity contribution in [1.29, 1.82) is 0 Å². The smallest absolute Gasteiger partial charge is 0.451 e. The largest absolute Gasteiger partial charge is 0.477 e. The van der Waals surface area contributed by atoms with E-state index in [0.29, 0.717) is 13.2 Å². The van der Waals surface area contributed by atoms with Gasteiger partial charge in [0.05, 0.1) is 6.61 Å². The van der Waals surface area contributed by atoms with Crippen LogP contribution in [-0.2, 0) is 6.18 Å². The first-order valence-electron chi connectivity index (χ1n) is 6.69. The molecule has 0 aromatic carbocycles. The van der Waals surface area contributed by atoms with Crippen LogP contribution in [0.1, 0.15) is 39.4 Å². The minimum absolute atomic E-state index is 0.0498. The molecular weight excluding hydrogens is 271 g/mol. The van der Waals surface area contributed by atoms with Crippen LogP contribution in [0.4, 0.5) is 19.0 Å². The topological polar surface area (TPSA) is 47.0 Å². The van der Waals surface area contributed by atoms with Gasteiger partial charge in [0, 0.05) is 12.6 Å². The fraction of sp³-hybridized carbons (Fsp3) is 0.692. The molecule has 0 bridgehead atoms. The molecule has 0 radical (unpaired) electrons. The van der Waals surface area contributed by atoms with Crippen LogP contribution < -0.4 is 10.1 Å². The molecular formula is C13H20F3N3O.